The Labute approximate surface area is 143 Å². The van der Waals surface area contributed by atoms with Crippen molar-refractivity contribution in [2.45, 2.75) is 97.3 Å². The molecule has 3 atom stereocenters. The van der Waals surface area contributed by atoms with Crippen molar-refractivity contribution in [3.63, 3.8) is 0 Å². The molecule has 23 heavy (non-hydrogen) atoms. The van der Waals surface area contributed by atoms with Gasteiger partial charge in [-0.15, -0.1) is 0 Å². The van der Waals surface area contributed by atoms with Crippen LogP contribution in [-0.4, -0.2) is 11.1 Å². The summed E-state index contributed by atoms with van der Waals surface area (Å²) in [5, 5.41) is 8.64. The molecule has 0 aromatic carbocycles. The number of allylic oxidation sites excluding steroid dienone is 2. The Hall–Kier alpha value is -0.790. The molecule has 0 saturated heterocycles. The van der Waals surface area contributed by atoms with E-state index in [-0.39, 0.29) is 0 Å². The van der Waals surface area contributed by atoms with Gasteiger partial charge in [-0.1, -0.05) is 70.9 Å². The van der Waals surface area contributed by atoms with Gasteiger partial charge in [-0.3, -0.25) is 4.79 Å². The van der Waals surface area contributed by atoms with Crippen LogP contribution in [0.25, 0.3) is 0 Å². The molecule has 2 nitrogen and oxygen atoms in total. The number of hydrogen-bond acceptors (Lipinski definition) is 1. The monoisotopic (exact) mass is 322 g/mol. The zero-order valence-corrected chi connectivity index (χ0v) is 15.4. The molecule has 0 aliphatic heterocycles. The zero-order valence-electron chi connectivity index (χ0n) is 15.4. The van der Waals surface area contributed by atoms with Crippen molar-refractivity contribution in [3.8, 4) is 0 Å². The van der Waals surface area contributed by atoms with Gasteiger partial charge in [-0.25, -0.2) is 0 Å². The molecule has 1 aliphatic rings. The quantitative estimate of drug-likeness (QED) is 0.306. The van der Waals surface area contributed by atoms with Gasteiger partial charge < -0.3 is 5.11 Å². The van der Waals surface area contributed by atoms with Crippen LogP contribution < -0.4 is 0 Å². The van der Waals surface area contributed by atoms with Crippen LogP contribution in [0.2, 0.25) is 0 Å². The minimum atomic E-state index is -0.654. The predicted molar refractivity (Wildman–Crippen MR) is 98.6 cm³/mol. The number of unbranched alkanes of at least 4 members (excludes halogenated alkanes) is 5. The standard InChI is InChI=1S/C21H38O2/c1-3-4-7-11-18(2)16-17-20-14-10-13-19(20)12-8-5-6-9-15-21(22)23/h16-20H,3-15H2,1-2H3,(H,22,23)/t18?,19-,20+/m0/s1. The summed E-state index contributed by atoms with van der Waals surface area (Å²) in [5.74, 6) is 1.77. The first-order valence-corrected chi connectivity index (χ1v) is 10.0. The second-order valence-corrected chi connectivity index (χ2v) is 7.56. The summed E-state index contributed by atoms with van der Waals surface area (Å²) in [6, 6.07) is 0. The maximum atomic E-state index is 10.5. The number of carboxylic acid groups (broad SMARTS) is 1. The molecule has 1 rings (SSSR count). The van der Waals surface area contributed by atoms with Gasteiger partial charge in [0.15, 0.2) is 0 Å². The minimum Gasteiger partial charge on any atom is -0.481 e. The van der Waals surface area contributed by atoms with E-state index >= 15 is 0 Å². The van der Waals surface area contributed by atoms with Crippen LogP contribution in [0.15, 0.2) is 12.2 Å². The van der Waals surface area contributed by atoms with Crippen molar-refractivity contribution in [3.05, 3.63) is 12.2 Å². The Morgan fingerprint density at radius 3 is 2.65 bits per heavy atom. The number of rotatable bonds is 13. The summed E-state index contributed by atoms with van der Waals surface area (Å²) in [6.07, 6.45) is 20.6. The van der Waals surface area contributed by atoms with Crippen molar-refractivity contribution in [1.82, 2.24) is 0 Å². The van der Waals surface area contributed by atoms with Gasteiger partial charge in [-0.2, -0.15) is 0 Å². The molecule has 0 amide bonds. The third-order valence-corrected chi connectivity index (χ3v) is 5.38. The van der Waals surface area contributed by atoms with E-state index in [1.807, 2.05) is 0 Å². The van der Waals surface area contributed by atoms with E-state index in [2.05, 4.69) is 26.0 Å². The van der Waals surface area contributed by atoms with Crippen molar-refractivity contribution in [2.24, 2.45) is 17.8 Å². The Morgan fingerprint density at radius 2 is 1.91 bits per heavy atom. The SMILES string of the molecule is CCCCCC(C)C=C[C@H]1CCC[C@@H]1CCCCCCC(=O)O. The maximum Gasteiger partial charge on any atom is 0.303 e. The molecule has 1 saturated carbocycles. The lowest BCUT2D eigenvalue weighted by molar-refractivity contribution is -0.137. The molecule has 0 radical (unpaired) electrons. The fourth-order valence-corrected chi connectivity index (χ4v) is 3.86. The predicted octanol–water partition coefficient (Wildman–Crippen LogP) is 6.60. The molecule has 0 bridgehead atoms. The molecular formula is C21H38O2. The average Bonchev–Trinajstić information content (AvgIpc) is 2.96. The smallest absolute Gasteiger partial charge is 0.303 e. The van der Waals surface area contributed by atoms with E-state index in [1.54, 1.807) is 0 Å². The molecule has 2 heteroatoms. The highest BCUT2D eigenvalue weighted by Gasteiger charge is 2.24. The Bertz CT molecular complexity index is 335. The van der Waals surface area contributed by atoms with Crippen LogP contribution in [0, 0.1) is 17.8 Å². The summed E-state index contributed by atoms with van der Waals surface area (Å²) in [5.41, 5.74) is 0. The molecule has 1 N–H and O–H groups in total. The molecule has 1 aliphatic carbocycles. The molecule has 0 aromatic heterocycles. The van der Waals surface area contributed by atoms with E-state index in [9.17, 15) is 4.79 Å². The fraction of sp³-hybridized carbons (Fsp3) is 0.857. The maximum absolute atomic E-state index is 10.5. The lowest BCUT2D eigenvalue weighted by atomic mass is 9.89. The van der Waals surface area contributed by atoms with Gasteiger partial charge >= 0.3 is 5.97 Å². The number of aliphatic carboxylic acids is 1. The second-order valence-electron chi connectivity index (χ2n) is 7.56. The third kappa shape index (κ3) is 9.84. The number of carbonyl (C=O) groups is 1. The summed E-state index contributed by atoms with van der Waals surface area (Å²) < 4.78 is 0. The Balaban J connectivity index is 2.16. The van der Waals surface area contributed by atoms with Crippen molar-refractivity contribution in [1.29, 1.82) is 0 Å². The highest BCUT2D eigenvalue weighted by molar-refractivity contribution is 5.66. The van der Waals surface area contributed by atoms with Crippen LogP contribution in [0.1, 0.15) is 97.3 Å². The van der Waals surface area contributed by atoms with E-state index in [1.165, 1.54) is 64.2 Å². The fourth-order valence-electron chi connectivity index (χ4n) is 3.86. The van der Waals surface area contributed by atoms with Crippen molar-refractivity contribution >= 4 is 5.97 Å². The third-order valence-electron chi connectivity index (χ3n) is 5.38. The lowest BCUT2D eigenvalue weighted by Gasteiger charge is -2.17. The van der Waals surface area contributed by atoms with Crippen molar-refractivity contribution in [2.75, 3.05) is 0 Å². The molecule has 0 aromatic rings. The molecular weight excluding hydrogens is 284 g/mol. The van der Waals surface area contributed by atoms with Gasteiger partial charge in [0.2, 0.25) is 0 Å². The molecule has 0 heterocycles. The van der Waals surface area contributed by atoms with Crippen LogP contribution in [-0.2, 0) is 4.79 Å². The van der Waals surface area contributed by atoms with Gasteiger partial charge in [0, 0.05) is 6.42 Å². The Morgan fingerprint density at radius 1 is 1.13 bits per heavy atom. The van der Waals surface area contributed by atoms with Crippen molar-refractivity contribution < 1.29 is 9.90 Å². The topological polar surface area (TPSA) is 37.3 Å². The first kappa shape index (κ1) is 20.3. The van der Waals surface area contributed by atoms with E-state index in [4.69, 9.17) is 5.11 Å². The lowest BCUT2D eigenvalue weighted by Crippen LogP contribution is -2.06. The van der Waals surface area contributed by atoms with E-state index < -0.39 is 5.97 Å². The van der Waals surface area contributed by atoms with Gasteiger partial charge in [0.25, 0.3) is 0 Å². The van der Waals surface area contributed by atoms with Gasteiger partial charge in [-0.05, 0) is 49.9 Å². The highest BCUT2D eigenvalue weighted by atomic mass is 16.4. The zero-order chi connectivity index (χ0) is 16.9. The Kier molecular flexibility index (Phi) is 11.1. The van der Waals surface area contributed by atoms with E-state index in [0.29, 0.717) is 6.42 Å². The molecule has 1 fully saturated rings. The summed E-state index contributed by atoms with van der Waals surface area (Å²) in [7, 11) is 0. The molecule has 134 valence electrons. The summed E-state index contributed by atoms with van der Waals surface area (Å²) in [4.78, 5) is 10.5. The summed E-state index contributed by atoms with van der Waals surface area (Å²) in [6.45, 7) is 4.63. The number of hydrogen-bond donors (Lipinski definition) is 1. The average molecular weight is 323 g/mol. The molecule has 0 spiro atoms. The highest BCUT2D eigenvalue weighted by Crippen LogP contribution is 2.36. The van der Waals surface area contributed by atoms with Gasteiger partial charge in [0.1, 0.15) is 0 Å². The van der Waals surface area contributed by atoms with E-state index in [0.717, 1.165) is 30.6 Å². The number of carboxylic acids is 1. The van der Waals surface area contributed by atoms with Crippen LogP contribution in [0.4, 0.5) is 0 Å². The van der Waals surface area contributed by atoms with Crippen LogP contribution in [0.5, 0.6) is 0 Å². The minimum absolute atomic E-state index is 0.338. The second kappa shape index (κ2) is 12.6. The molecule has 1 unspecified atom stereocenters. The summed E-state index contributed by atoms with van der Waals surface area (Å²) >= 11 is 0. The van der Waals surface area contributed by atoms with Crippen LogP contribution in [0.3, 0.4) is 0 Å². The van der Waals surface area contributed by atoms with Gasteiger partial charge in [0.05, 0.1) is 0 Å². The van der Waals surface area contributed by atoms with Crippen LogP contribution >= 0.6 is 0 Å². The largest absolute Gasteiger partial charge is 0.481 e. The first-order chi connectivity index (χ1) is 11.1. The normalized spacial score (nSPS) is 22.7. The first-order valence-electron chi connectivity index (χ1n) is 10.0.